The zero-order valence-electron chi connectivity index (χ0n) is 12.0. The standard InChI is InChI=1S/C16H22N2O2/c1-17-13-7-4-10-18(14-8-3-2-6-12(13)14)16(19)15-9-5-11-20-15/h2-3,6,8,13,15,17H,4-5,7,9-11H2,1H3. The van der Waals surface area contributed by atoms with Crippen molar-refractivity contribution in [3.05, 3.63) is 29.8 Å². The summed E-state index contributed by atoms with van der Waals surface area (Å²) in [5.74, 6) is 0.131. The van der Waals surface area contributed by atoms with E-state index in [0.29, 0.717) is 12.6 Å². The highest BCUT2D eigenvalue weighted by Gasteiger charge is 2.32. The number of hydrogen-bond donors (Lipinski definition) is 1. The van der Waals surface area contributed by atoms with Gasteiger partial charge in [0.1, 0.15) is 6.10 Å². The van der Waals surface area contributed by atoms with Crippen molar-refractivity contribution in [2.75, 3.05) is 25.1 Å². The van der Waals surface area contributed by atoms with Crippen LogP contribution < -0.4 is 10.2 Å². The molecule has 0 bridgehead atoms. The van der Waals surface area contributed by atoms with E-state index in [1.807, 2.05) is 24.1 Å². The minimum atomic E-state index is -0.241. The largest absolute Gasteiger partial charge is 0.368 e. The topological polar surface area (TPSA) is 41.6 Å². The molecule has 2 aliphatic rings. The Morgan fingerprint density at radius 1 is 1.30 bits per heavy atom. The van der Waals surface area contributed by atoms with Crippen LogP contribution in [0.1, 0.15) is 37.3 Å². The molecular formula is C16H22N2O2. The van der Waals surface area contributed by atoms with E-state index in [2.05, 4.69) is 17.4 Å². The first-order valence-electron chi connectivity index (χ1n) is 7.50. The van der Waals surface area contributed by atoms with Crippen molar-refractivity contribution in [3.8, 4) is 0 Å². The molecule has 2 atom stereocenters. The quantitative estimate of drug-likeness (QED) is 0.899. The van der Waals surface area contributed by atoms with Crippen LogP contribution in [0.2, 0.25) is 0 Å². The number of nitrogens with one attached hydrogen (secondary N) is 1. The molecule has 1 N–H and O–H groups in total. The highest BCUT2D eigenvalue weighted by molar-refractivity contribution is 5.97. The molecule has 0 aromatic heterocycles. The fourth-order valence-corrected chi connectivity index (χ4v) is 3.23. The van der Waals surface area contributed by atoms with Crippen LogP contribution in [0.4, 0.5) is 5.69 Å². The third kappa shape index (κ3) is 2.45. The number of para-hydroxylation sites is 1. The smallest absolute Gasteiger partial charge is 0.256 e. The van der Waals surface area contributed by atoms with Crippen molar-refractivity contribution in [1.29, 1.82) is 0 Å². The van der Waals surface area contributed by atoms with Crippen LogP contribution in [-0.4, -0.2) is 32.2 Å². The molecule has 0 spiro atoms. The highest BCUT2D eigenvalue weighted by Crippen LogP contribution is 2.33. The summed E-state index contributed by atoms with van der Waals surface area (Å²) in [6.07, 6.45) is 3.67. The Hall–Kier alpha value is -1.39. The molecular weight excluding hydrogens is 252 g/mol. The van der Waals surface area contributed by atoms with Crippen LogP contribution >= 0.6 is 0 Å². The van der Waals surface area contributed by atoms with Gasteiger partial charge in [0.25, 0.3) is 5.91 Å². The van der Waals surface area contributed by atoms with Crippen LogP contribution in [0, 0.1) is 0 Å². The van der Waals surface area contributed by atoms with E-state index in [9.17, 15) is 4.79 Å². The number of amides is 1. The third-order valence-corrected chi connectivity index (χ3v) is 4.30. The Balaban J connectivity index is 1.92. The fraction of sp³-hybridized carbons (Fsp3) is 0.562. The summed E-state index contributed by atoms with van der Waals surface area (Å²) in [5, 5.41) is 3.36. The van der Waals surface area contributed by atoms with Crippen molar-refractivity contribution in [3.63, 3.8) is 0 Å². The van der Waals surface area contributed by atoms with E-state index in [0.717, 1.165) is 37.9 Å². The molecule has 108 valence electrons. The Kier molecular flexibility index (Phi) is 4.03. The lowest BCUT2D eigenvalue weighted by Gasteiger charge is -2.26. The number of anilines is 1. The number of hydrogen-bond acceptors (Lipinski definition) is 3. The molecule has 1 aromatic carbocycles. The highest BCUT2D eigenvalue weighted by atomic mass is 16.5. The average molecular weight is 274 g/mol. The van der Waals surface area contributed by atoms with E-state index in [1.54, 1.807) is 0 Å². The molecule has 2 heterocycles. The van der Waals surface area contributed by atoms with Crippen LogP contribution in [0.3, 0.4) is 0 Å². The van der Waals surface area contributed by atoms with Gasteiger partial charge in [-0.05, 0) is 44.4 Å². The van der Waals surface area contributed by atoms with Crippen LogP contribution in [-0.2, 0) is 9.53 Å². The van der Waals surface area contributed by atoms with Gasteiger partial charge < -0.3 is 15.0 Å². The van der Waals surface area contributed by atoms with E-state index >= 15 is 0 Å². The predicted molar refractivity (Wildman–Crippen MR) is 78.8 cm³/mol. The molecule has 1 aromatic rings. The Bertz CT molecular complexity index is 483. The van der Waals surface area contributed by atoms with Crippen LogP contribution in [0.15, 0.2) is 24.3 Å². The maximum absolute atomic E-state index is 12.7. The van der Waals surface area contributed by atoms with Crippen molar-refractivity contribution in [1.82, 2.24) is 5.32 Å². The summed E-state index contributed by atoms with van der Waals surface area (Å²) >= 11 is 0. The lowest BCUT2D eigenvalue weighted by atomic mass is 10.0. The van der Waals surface area contributed by atoms with Gasteiger partial charge in [-0.3, -0.25) is 4.79 Å². The maximum Gasteiger partial charge on any atom is 0.256 e. The van der Waals surface area contributed by atoms with E-state index in [1.165, 1.54) is 5.56 Å². The second-order valence-corrected chi connectivity index (χ2v) is 5.53. The van der Waals surface area contributed by atoms with Gasteiger partial charge >= 0.3 is 0 Å². The van der Waals surface area contributed by atoms with Gasteiger partial charge in [-0.15, -0.1) is 0 Å². The molecule has 0 radical (unpaired) electrons. The molecule has 4 nitrogen and oxygen atoms in total. The number of nitrogens with zero attached hydrogens (tertiary/aromatic N) is 1. The van der Waals surface area contributed by atoms with E-state index in [-0.39, 0.29) is 12.0 Å². The molecule has 4 heteroatoms. The van der Waals surface area contributed by atoms with Gasteiger partial charge in [-0.25, -0.2) is 0 Å². The van der Waals surface area contributed by atoms with Crippen molar-refractivity contribution >= 4 is 11.6 Å². The first-order chi connectivity index (χ1) is 9.81. The van der Waals surface area contributed by atoms with Crippen LogP contribution in [0.5, 0.6) is 0 Å². The molecule has 2 unspecified atom stereocenters. The predicted octanol–water partition coefficient (Wildman–Crippen LogP) is 2.25. The SMILES string of the molecule is CNC1CCCN(C(=O)C2CCCO2)c2ccccc21. The first-order valence-corrected chi connectivity index (χ1v) is 7.50. The Morgan fingerprint density at radius 3 is 2.90 bits per heavy atom. The molecule has 1 fully saturated rings. The average Bonchev–Trinajstić information content (AvgIpc) is 2.95. The molecule has 1 saturated heterocycles. The van der Waals surface area contributed by atoms with E-state index < -0.39 is 0 Å². The van der Waals surface area contributed by atoms with Crippen molar-refractivity contribution in [2.24, 2.45) is 0 Å². The maximum atomic E-state index is 12.7. The summed E-state index contributed by atoms with van der Waals surface area (Å²) in [5.41, 5.74) is 2.27. The van der Waals surface area contributed by atoms with Gasteiger partial charge in [-0.2, -0.15) is 0 Å². The normalized spacial score (nSPS) is 26.1. The number of carbonyl (C=O) groups excluding carboxylic acids is 1. The number of ether oxygens (including phenoxy) is 1. The lowest BCUT2D eigenvalue weighted by Crippen LogP contribution is -2.39. The van der Waals surface area contributed by atoms with Gasteiger partial charge in [0.2, 0.25) is 0 Å². The minimum absolute atomic E-state index is 0.131. The number of benzene rings is 1. The summed E-state index contributed by atoms with van der Waals surface area (Å²) in [6.45, 7) is 1.50. The molecule has 0 aliphatic carbocycles. The molecule has 20 heavy (non-hydrogen) atoms. The molecule has 3 rings (SSSR count). The fourth-order valence-electron chi connectivity index (χ4n) is 3.23. The summed E-state index contributed by atoms with van der Waals surface area (Å²) in [6, 6.07) is 8.55. The lowest BCUT2D eigenvalue weighted by molar-refractivity contribution is -0.127. The molecule has 1 amide bonds. The Labute approximate surface area is 120 Å². The summed E-state index contributed by atoms with van der Waals surface area (Å²) < 4.78 is 5.57. The van der Waals surface area contributed by atoms with Gasteiger partial charge in [-0.1, -0.05) is 18.2 Å². The Morgan fingerprint density at radius 2 is 2.15 bits per heavy atom. The first kappa shape index (κ1) is 13.6. The summed E-state index contributed by atoms with van der Waals surface area (Å²) in [7, 11) is 1.99. The van der Waals surface area contributed by atoms with Crippen molar-refractivity contribution < 1.29 is 9.53 Å². The molecule has 2 aliphatic heterocycles. The van der Waals surface area contributed by atoms with Crippen molar-refractivity contribution in [2.45, 2.75) is 37.8 Å². The van der Waals surface area contributed by atoms with Gasteiger partial charge in [0.15, 0.2) is 0 Å². The summed E-state index contributed by atoms with van der Waals surface area (Å²) in [4.78, 5) is 14.6. The van der Waals surface area contributed by atoms with Gasteiger partial charge in [0.05, 0.1) is 0 Å². The van der Waals surface area contributed by atoms with E-state index in [4.69, 9.17) is 4.74 Å². The zero-order chi connectivity index (χ0) is 13.9. The zero-order valence-corrected chi connectivity index (χ0v) is 12.0. The number of fused-ring (bicyclic) bond motifs is 1. The van der Waals surface area contributed by atoms with Gasteiger partial charge in [0, 0.05) is 24.9 Å². The van der Waals surface area contributed by atoms with Crippen LogP contribution in [0.25, 0.3) is 0 Å². The monoisotopic (exact) mass is 274 g/mol. The number of carbonyl (C=O) groups is 1. The molecule has 0 saturated carbocycles. The minimum Gasteiger partial charge on any atom is -0.368 e. The second kappa shape index (κ2) is 5.94. The third-order valence-electron chi connectivity index (χ3n) is 4.30. The number of rotatable bonds is 2. The second-order valence-electron chi connectivity index (χ2n) is 5.53.